The monoisotopic (exact) mass is 299 g/mol. The van der Waals surface area contributed by atoms with Crippen LogP contribution >= 0.6 is 0 Å². The number of nitrogens with zero attached hydrogens (tertiary/aromatic N) is 3. The third-order valence-electron chi connectivity index (χ3n) is 4.55. The van der Waals surface area contributed by atoms with Crippen LogP contribution < -0.4 is 5.56 Å². The molecule has 0 N–H and O–H groups in total. The van der Waals surface area contributed by atoms with Crippen molar-refractivity contribution in [1.82, 2.24) is 14.3 Å². The second-order valence-corrected chi connectivity index (χ2v) is 7.61. The number of aromatic nitrogens is 2. The fraction of sp³-hybridized carbons (Fsp3) is 0.556. The highest BCUT2D eigenvalue weighted by Crippen LogP contribution is 2.22. The Morgan fingerprint density at radius 1 is 1.36 bits per heavy atom. The van der Waals surface area contributed by atoms with Gasteiger partial charge in [0.2, 0.25) is 0 Å². The molecular formula is C18H25N3O. The van der Waals surface area contributed by atoms with Crippen molar-refractivity contribution in [2.24, 2.45) is 5.92 Å². The predicted octanol–water partition coefficient (Wildman–Crippen LogP) is 2.83. The molecule has 0 saturated carbocycles. The van der Waals surface area contributed by atoms with Gasteiger partial charge >= 0.3 is 0 Å². The van der Waals surface area contributed by atoms with Crippen LogP contribution in [0.15, 0.2) is 29.3 Å². The lowest BCUT2D eigenvalue weighted by Crippen LogP contribution is -2.27. The zero-order chi connectivity index (χ0) is 15.9. The first-order valence-electron chi connectivity index (χ1n) is 8.08. The second-order valence-electron chi connectivity index (χ2n) is 7.61. The van der Waals surface area contributed by atoms with E-state index in [1.807, 2.05) is 18.3 Å². The number of hydrogen-bond donors (Lipinski definition) is 0. The number of likely N-dealkylation sites (tertiary alicyclic amines) is 1. The van der Waals surface area contributed by atoms with E-state index in [1.165, 1.54) is 12.0 Å². The fourth-order valence-electron chi connectivity index (χ4n) is 3.10. The Hall–Kier alpha value is -1.68. The SMILES string of the molecule is C[C@H]1CCN(Cc2cnc3cc(C(C)(C)C)ccn3c2=O)C1. The molecule has 0 spiro atoms. The molecule has 0 amide bonds. The molecule has 0 aliphatic carbocycles. The second kappa shape index (κ2) is 5.51. The number of fused-ring (bicyclic) bond motifs is 1. The first-order valence-corrected chi connectivity index (χ1v) is 8.08. The van der Waals surface area contributed by atoms with Crippen molar-refractivity contribution in [3.05, 3.63) is 46.0 Å². The lowest BCUT2D eigenvalue weighted by atomic mass is 9.88. The molecule has 4 heteroatoms. The highest BCUT2D eigenvalue weighted by Gasteiger charge is 2.20. The van der Waals surface area contributed by atoms with E-state index in [-0.39, 0.29) is 11.0 Å². The van der Waals surface area contributed by atoms with Gasteiger partial charge in [0, 0.05) is 25.5 Å². The van der Waals surface area contributed by atoms with E-state index >= 15 is 0 Å². The van der Waals surface area contributed by atoms with Crippen molar-refractivity contribution in [2.75, 3.05) is 13.1 Å². The summed E-state index contributed by atoms with van der Waals surface area (Å²) in [4.78, 5) is 19.5. The standard InChI is InChI=1S/C18H25N3O/c1-13-5-7-20(11-13)12-14-10-19-16-9-15(18(2,3)4)6-8-21(16)17(14)22/h6,8-10,13H,5,7,11-12H2,1-4H3/t13-/m0/s1. The largest absolute Gasteiger partial charge is 0.299 e. The number of pyridine rings is 1. The first-order chi connectivity index (χ1) is 10.3. The minimum absolute atomic E-state index is 0.0594. The maximum atomic E-state index is 12.7. The van der Waals surface area contributed by atoms with E-state index in [0.717, 1.165) is 30.2 Å². The maximum Gasteiger partial charge on any atom is 0.262 e. The minimum atomic E-state index is 0.0594. The van der Waals surface area contributed by atoms with Crippen LogP contribution in [0, 0.1) is 5.92 Å². The third kappa shape index (κ3) is 2.93. The van der Waals surface area contributed by atoms with Gasteiger partial charge in [-0.1, -0.05) is 27.7 Å². The van der Waals surface area contributed by atoms with E-state index < -0.39 is 0 Å². The summed E-state index contributed by atoms with van der Waals surface area (Å²) in [5.74, 6) is 0.727. The summed E-state index contributed by atoms with van der Waals surface area (Å²) in [6.45, 7) is 11.6. The molecule has 0 radical (unpaired) electrons. The van der Waals surface area contributed by atoms with Gasteiger partial charge in [0.05, 0.1) is 5.56 Å². The van der Waals surface area contributed by atoms with Crippen LogP contribution in [-0.2, 0) is 12.0 Å². The summed E-state index contributed by atoms with van der Waals surface area (Å²) in [6, 6.07) is 4.04. The van der Waals surface area contributed by atoms with Crippen molar-refractivity contribution in [3.63, 3.8) is 0 Å². The highest BCUT2D eigenvalue weighted by atomic mass is 16.1. The Bertz CT molecular complexity index is 742. The zero-order valence-electron chi connectivity index (χ0n) is 14.0. The maximum absolute atomic E-state index is 12.7. The van der Waals surface area contributed by atoms with Crippen molar-refractivity contribution in [1.29, 1.82) is 0 Å². The van der Waals surface area contributed by atoms with E-state index in [9.17, 15) is 4.79 Å². The highest BCUT2D eigenvalue weighted by molar-refractivity contribution is 5.43. The molecule has 1 aliphatic rings. The van der Waals surface area contributed by atoms with Crippen LogP contribution in [0.3, 0.4) is 0 Å². The molecule has 4 nitrogen and oxygen atoms in total. The van der Waals surface area contributed by atoms with Gasteiger partial charge in [0.1, 0.15) is 5.65 Å². The van der Waals surface area contributed by atoms with Crippen LogP contribution in [-0.4, -0.2) is 27.4 Å². The van der Waals surface area contributed by atoms with Crippen molar-refractivity contribution in [3.8, 4) is 0 Å². The van der Waals surface area contributed by atoms with E-state index in [0.29, 0.717) is 6.54 Å². The molecule has 1 atom stereocenters. The molecule has 2 aromatic heterocycles. The molecule has 1 aliphatic heterocycles. The molecule has 1 saturated heterocycles. The van der Waals surface area contributed by atoms with Crippen molar-refractivity contribution in [2.45, 2.75) is 46.1 Å². The third-order valence-corrected chi connectivity index (χ3v) is 4.55. The summed E-state index contributed by atoms with van der Waals surface area (Å²) < 4.78 is 1.67. The van der Waals surface area contributed by atoms with Crippen LogP contribution in [0.25, 0.3) is 5.65 Å². The van der Waals surface area contributed by atoms with Gasteiger partial charge in [-0.2, -0.15) is 0 Å². The topological polar surface area (TPSA) is 37.6 Å². The Kier molecular flexibility index (Phi) is 3.81. The predicted molar refractivity (Wildman–Crippen MR) is 89.2 cm³/mol. The molecule has 3 heterocycles. The van der Waals surface area contributed by atoms with Gasteiger partial charge in [-0.05, 0) is 42.0 Å². The normalized spacial score (nSPS) is 19.9. The summed E-state index contributed by atoms with van der Waals surface area (Å²) >= 11 is 0. The average molecular weight is 299 g/mol. The Morgan fingerprint density at radius 2 is 2.14 bits per heavy atom. The Labute approximate surface area is 131 Å². The first kappa shape index (κ1) is 15.2. The lowest BCUT2D eigenvalue weighted by molar-refractivity contribution is 0.318. The van der Waals surface area contributed by atoms with Gasteiger partial charge in [0.15, 0.2) is 0 Å². The van der Waals surface area contributed by atoms with Crippen LogP contribution in [0.1, 0.15) is 45.2 Å². The van der Waals surface area contributed by atoms with Crippen molar-refractivity contribution < 1.29 is 0 Å². The molecule has 2 aromatic rings. The number of rotatable bonds is 2. The molecule has 0 bridgehead atoms. The molecule has 1 fully saturated rings. The average Bonchev–Trinajstić information content (AvgIpc) is 2.86. The summed E-state index contributed by atoms with van der Waals surface area (Å²) in [5, 5.41) is 0. The van der Waals surface area contributed by atoms with E-state index in [2.05, 4.69) is 37.6 Å². The summed E-state index contributed by atoms with van der Waals surface area (Å²) in [7, 11) is 0. The van der Waals surface area contributed by atoms with Gasteiger partial charge in [0.25, 0.3) is 5.56 Å². The minimum Gasteiger partial charge on any atom is -0.299 e. The van der Waals surface area contributed by atoms with Gasteiger partial charge in [-0.3, -0.25) is 14.1 Å². The molecule has 0 aromatic carbocycles. The lowest BCUT2D eigenvalue weighted by Gasteiger charge is -2.19. The molecule has 0 unspecified atom stereocenters. The molecule has 118 valence electrons. The molecule has 22 heavy (non-hydrogen) atoms. The van der Waals surface area contributed by atoms with Crippen molar-refractivity contribution >= 4 is 5.65 Å². The quantitative estimate of drug-likeness (QED) is 0.856. The van der Waals surface area contributed by atoms with E-state index in [1.54, 1.807) is 10.6 Å². The van der Waals surface area contributed by atoms with Crippen LogP contribution in [0.2, 0.25) is 0 Å². The fourth-order valence-corrected chi connectivity index (χ4v) is 3.10. The zero-order valence-corrected chi connectivity index (χ0v) is 14.0. The van der Waals surface area contributed by atoms with E-state index in [4.69, 9.17) is 0 Å². The Balaban J connectivity index is 1.94. The smallest absolute Gasteiger partial charge is 0.262 e. The van der Waals surface area contributed by atoms with Gasteiger partial charge in [-0.15, -0.1) is 0 Å². The molecule has 3 rings (SSSR count). The van der Waals surface area contributed by atoms with Gasteiger partial charge in [-0.25, -0.2) is 4.98 Å². The van der Waals surface area contributed by atoms with Crippen LogP contribution in [0.5, 0.6) is 0 Å². The number of hydrogen-bond acceptors (Lipinski definition) is 3. The summed E-state index contributed by atoms with van der Waals surface area (Å²) in [5.41, 5.74) is 2.83. The van der Waals surface area contributed by atoms with Crippen LogP contribution in [0.4, 0.5) is 0 Å². The summed E-state index contributed by atoms with van der Waals surface area (Å²) in [6.07, 6.45) is 4.84. The molecular weight excluding hydrogens is 274 g/mol. The van der Waals surface area contributed by atoms with Gasteiger partial charge < -0.3 is 0 Å². The Morgan fingerprint density at radius 3 is 2.77 bits per heavy atom.